The van der Waals surface area contributed by atoms with Gasteiger partial charge in [-0.1, -0.05) is 0 Å². The van der Waals surface area contributed by atoms with Crippen molar-refractivity contribution in [2.24, 2.45) is 0 Å². The van der Waals surface area contributed by atoms with Crippen molar-refractivity contribution in [3.8, 4) is 0 Å². The molecule has 0 radical (unpaired) electrons. The van der Waals surface area contributed by atoms with Gasteiger partial charge in [0.2, 0.25) is 0 Å². The number of rotatable bonds is 6. The summed E-state index contributed by atoms with van der Waals surface area (Å²) in [5.74, 6) is 0. The fourth-order valence-corrected chi connectivity index (χ4v) is 21.8. The Hall–Kier alpha value is -0.810. The number of allylic oxidation sites excluding steroid dienone is 6. The molecule has 0 N–H and O–H groups in total. The van der Waals surface area contributed by atoms with Gasteiger partial charge in [0.25, 0.3) is 0 Å². The van der Waals surface area contributed by atoms with Crippen LogP contribution in [0.3, 0.4) is 0 Å². The van der Waals surface area contributed by atoms with Crippen LogP contribution in [0.4, 0.5) is 0 Å². The van der Waals surface area contributed by atoms with Gasteiger partial charge in [-0.15, -0.1) is 0 Å². The molecule has 0 saturated heterocycles. The van der Waals surface area contributed by atoms with Gasteiger partial charge in [-0.25, -0.2) is 0 Å². The van der Waals surface area contributed by atoms with Crippen LogP contribution >= 0.6 is 0 Å². The molecule has 0 fully saturated rings. The van der Waals surface area contributed by atoms with Crippen LogP contribution < -0.4 is 0 Å². The molecule has 0 saturated carbocycles. The van der Waals surface area contributed by atoms with Crippen LogP contribution in [0.15, 0.2) is 72.9 Å². The van der Waals surface area contributed by atoms with Gasteiger partial charge < -0.3 is 0 Å². The Morgan fingerprint density at radius 2 is 0.640 bits per heavy atom. The molecular weight excluding hydrogens is 473 g/mol. The van der Waals surface area contributed by atoms with Gasteiger partial charge in [0.05, 0.1) is 0 Å². The first kappa shape index (κ1) is 19.0. The van der Waals surface area contributed by atoms with Crippen LogP contribution in [0.1, 0.15) is 0 Å². The first-order chi connectivity index (χ1) is 11.8. The van der Waals surface area contributed by atoms with E-state index in [2.05, 4.69) is 130 Å². The van der Waals surface area contributed by atoms with E-state index >= 15 is 0 Å². The van der Waals surface area contributed by atoms with E-state index in [0.29, 0.717) is 0 Å². The van der Waals surface area contributed by atoms with Gasteiger partial charge in [-0.3, -0.25) is 0 Å². The summed E-state index contributed by atoms with van der Waals surface area (Å²) in [5.41, 5.74) is 0. The molecule has 0 aromatic carbocycles. The summed E-state index contributed by atoms with van der Waals surface area (Å²) >= 11 is -2.75. The molecule has 0 atom stereocenters. The third-order valence-corrected chi connectivity index (χ3v) is 22.9. The fraction of sp³-hybridized carbons (Fsp3) is 0.429. The van der Waals surface area contributed by atoms with Crippen LogP contribution in [-0.4, -0.2) is 66.9 Å². The summed E-state index contributed by atoms with van der Waals surface area (Å²) in [4.78, 5) is 7.35. The SMILES string of the molecule is CN(C)[C]1([Hf]([C]2(N(C)C)C=CC=C2)[C]2(N(C)C)C=CC=C2)C=CC=C1. The Kier molecular flexibility index (Phi) is 5.11. The van der Waals surface area contributed by atoms with Crippen molar-refractivity contribution in [2.75, 3.05) is 42.3 Å². The average Bonchev–Trinajstić information content (AvgIpc) is 3.30. The van der Waals surface area contributed by atoms with Gasteiger partial charge in [0.1, 0.15) is 0 Å². The van der Waals surface area contributed by atoms with Gasteiger partial charge in [0, 0.05) is 0 Å². The number of hydrogen-bond acceptors (Lipinski definition) is 3. The molecule has 3 aliphatic carbocycles. The van der Waals surface area contributed by atoms with Crippen molar-refractivity contribution in [1.29, 1.82) is 0 Å². The third-order valence-electron chi connectivity index (χ3n) is 5.86. The van der Waals surface area contributed by atoms with Gasteiger partial charge in [-0.05, 0) is 0 Å². The maximum absolute atomic E-state index is 2.75. The standard InChI is InChI=1S/3C7H10N.Hf/c3*1-8(2)7-5-3-4-6-7;/h3*3-6H,1-2H3;. The molecular formula is C21H30HfN3. The van der Waals surface area contributed by atoms with Gasteiger partial charge >= 0.3 is 161 Å². The van der Waals surface area contributed by atoms with E-state index in [1.54, 1.807) is 0 Å². The van der Waals surface area contributed by atoms with Crippen LogP contribution in [0.5, 0.6) is 0 Å². The van der Waals surface area contributed by atoms with Crippen molar-refractivity contribution in [2.45, 2.75) is 9.89 Å². The minimum absolute atomic E-state index is 0.0250. The van der Waals surface area contributed by atoms with Crippen molar-refractivity contribution in [1.82, 2.24) is 14.7 Å². The number of nitrogens with zero attached hydrogens (tertiary/aromatic N) is 3. The van der Waals surface area contributed by atoms with E-state index in [4.69, 9.17) is 0 Å². The molecule has 0 amide bonds. The summed E-state index contributed by atoms with van der Waals surface area (Å²) in [6.45, 7) is 0. The molecule has 0 unspecified atom stereocenters. The Morgan fingerprint density at radius 3 is 0.800 bits per heavy atom. The molecule has 133 valence electrons. The van der Waals surface area contributed by atoms with E-state index in [9.17, 15) is 0 Å². The molecule has 0 aromatic rings. The van der Waals surface area contributed by atoms with Crippen LogP contribution in [0.2, 0.25) is 0 Å². The second kappa shape index (κ2) is 6.73. The maximum atomic E-state index is 2.45. The van der Waals surface area contributed by atoms with E-state index in [1.807, 2.05) is 0 Å². The summed E-state index contributed by atoms with van der Waals surface area (Å²) in [6, 6.07) is 0. The molecule has 0 heterocycles. The topological polar surface area (TPSA) is 9.72 Å². The normalized spacial score (nSPS) is 23.9. The molecule has 3 nitrogen and oxygen atoms in total. The summed E-state index contributed by atoms with van der Waals surface area (Å²) < 4.78 is 0.0751. The molecule has 0 bridgehead atoms. The predicted molar refractivity (Wildman–Crippen MR) is 104 cm³/mol. The first-order valence-corrected chi connectivity index (χ1v) is 14.2. The minimum atomic E-state index is -2.75. The molecule has 0 aliphatic heterocycles. The van der Waals surface area contributed by atoms with E-state index in [-0.39, 0.29) is 9.89 Å². The van der Waals surface area contributed by atoms with Crippen molar-refractivity contribution < 1.29 is 21.4 Å². The van der Waals surface area contributed by atoms with Gasteiger partial charge in [-0.2, -0.15) is 0 Å². The van der Waals surface area contributed by atoms with E-state index in [0.717, 1.165) is 0 Å². The first-order valence-electron chi connectivity index (χ1n) is 8.84. The van der Waals surface area contributed by atoms with Crippen LogP contribution in [0.25, 0.3) is 0 Å². The number of hydrogen-bond donors (Lipinski definition) is 0. The molecule has 25 heavy (non-hydrogen) atoms. The van der Waals surface area contributed by atoms with Crippen LogP contribution in [-0.2, 0) is 21.4 Å². The molecule has 3 aliphatic rings. The monoisotopic (exact) mass is 504 g/mol. The zero-order valence-electron chi connectivity index (χ0n) is 16.3. The summed E-state index contributed by atoms with van der Waals surface area (Å²) in [7, 11) is 13.4. The molecule has 0 spiro atoms. The summed E-state index contributed by atoms with van der Waals surface area (Å²) in [6.07, 6.45) is 28.1. The molecule has 4 heteroatoms. The van der Waals surface area contributed by atoms with Crippen molar-refractivity contribution >= 4 is 0 Å². The third kappa shape index (κ3) is 2.69. The zero-order valence-corrected chi connectivity index (χ0v) is 19.9. The quantitative estimate of drug-likeness (QED) is 0.517. The Bertz CT molecular complexity index is 561. The average molecular weight is 503 g/mol. The van der Waals surface area contributed by atoms with E-state index < -0.39 is 21.4 Å². The Labute approximate surface area is 160 Å². The molecule has 3 rings (SSSR count). The van der Waals surface area contributed by atoms with Crippen LogP contribution in [0, 0.1) is 0 Å². The Balaban J connectivity index is 2.31. The van der Waals surface area contributed by atoms with Crippen molar-refractivity contribution in [3.05, 3.63) is 72.9 Å². The second-order valence-corrected chi connectivity index (χ2v) is 19.0. The Morgan fingerprint density at radius 1 is 0.440 bits per heavy atom. The number of likely N-dealkylation sites (N-methyl/N-ethyl adjacent to an activating group) is 3. The van der Waals surface area contributed by atoms with Crippen molar-refractivity contribution in [3.63, 3.8) is 0 Å². The fourth-order valence-electron chi connectivity index (χ4n) is 4.41. The predicted octanol–water partition coefficient (Wildman–Crippen LogP) is 2.76. The van der Waals surface area contributed by atoms with Gasteiger partial charge in [0.15, 0.2) is 0 Å². The summed E-state index contributed by atoms with van der Waals surface area (Å²) in [5, 5.41) is 0. The molecule has 0 aromatic heterocycles. The van der Waals surface area contributed by atoms with E-state index in [1.165, 1.54) is 0 Å². The zero-order chi connectivity index (χ0) is 18.3. The second-order valence-electron chi connectivity index (χ2n) is 7.69.